The van der Waals surface area contributed by atoms with Crippen LogP contribution in [0.4, 0.5) is 0 Å². The lowest BCUT2D eigenvalue weighted by Crippen LogP contribution is -2.34. The highest BCUT2D eigenvalue weighted by Gasteiger charge is 2.28. The minimum atomic E-state index is -0.0598. The molecular formula is C35H70O10. The Hall–Kier alpha value is -0.660. The van der Waals surface area contributed by atoms with E-state index in [1.807, 2.05) is 6.08 Å². The quantitative estimate of drug-likeness (QED) is 0.0714. The Morgan fingerprint density at radius 1 is 0.400 bits per heavy atom. The topological polar surface area (TPSA) is 103 Å². The maximum atomic E-state index is 9.02. The minimum absolute atomic E-state index is 0.000349. The van der Waals surface area contributed by atoms with Crippen molar-refractivity contribution in [3.05, 3.63) is 12.2 Å². The van der Waals surface area contributed by atoms with Gasteiger partial charge in [0.25, 0.3) is 0 Å². The van der Waals surface area contributed by atoms with Crippen molar-refractivity contribution in [1.29, 1.82) is 0 Å². The zero-order valence-corrected chi connectivity index (χ0v) is 30.4. The first kappa shape index (κ1) is 44.3. The number of hydrogen-bond donors (Lipinski definition) is 1. The Balaban J connectivity index is 5.15. The molecule has 0 aliphatic heterocycles. The minimum Gasteiger partial charge on any atom is -0.392 e. The van der Waals surface area contributed by atoms with Gasteiger partial charge in [0, 0.05) is 70.4 Å². The van der Waals surface area contributed by atoms with E-state index in [0.29, 0.717) is 25.7 Å². The lowest BCUT2D eigenvalue weighted by molar-refractivity contribution is -0.0585. The summed E-state index contributed by atoms with van der Waals surface area (Å²) >= 11 is 0. The van der Waals surface area contributed by atoms with Gasteiger partial charge in [-0.1, -0.05) is 38.3 Å². The molecular weight excluding hydrogens is 580 g/mol. The molecule has 0 unspecified atom stereocenters. The maximum Gasteiger partial charge on any atom is 0.0630 e. The second-order valence-corrected chi connectivity index (χ2v) is 12.0. The highest BCUT2D eigenvalue weighted by molar-refractivity contribution is 4.86. The van der Waals surface area contributed by atoms with Crippen LogP contribution in [0.15, 0.2) is 12.2 Å². The molecule has 0 aromatic rings. The summed E-state index contributed by atoms with van der Waals surface area (Å²) in [6, 6.07) is 0. The lowest BCUT2D eigenvalue weighted by atomic mass is 9.94. The van der Waals surface area contributed by atoms with Crippen LogP contribution in [0.3, 0.4) is 0 Å². The van der Waals surface area contributed by atoms with Gasteiger partial charge in [-0.2, -0.15) is 0 Å². The van der Waals surface area contributed by atoms with E-state index in [1.165, 1.54) is 19.3 Å². The smallest absolute Gasteiger partial charge is 0.0630 e. The Kier molecular flexibility index (Phi) is 29.0. The van der Waals surface area contributed by atoms with Gasteiger partial charge in [0.1, 0.15) is 0 Å². The molecule has 0 saturated heterocycles. The number of methoxy groups -OCH3 is 9. The summed E-state index contributed by atoms with van der Waals surface area (Å²) in [5, 5.41) is 9.02. The van der Waals surface area contributed by atoms with E-state index in [9.17, 15) is 0 Å². The molecule has 1 N–H and O–H groups in total. The SMILES string of the molecule is CCCCC[C@H](C[C@H](C[C@H](C[C@H](C[C@H](C[C@H](C[C@H](C[C@H](C[C@H](C/C=C/CO)OC)OC)OC)OC)OC)OC)OC)OC)OC. The predicted octanol–water partition coefficient (Wildman–Crippen LogP) is 5.76. The first-order valence-corrected chi connectivity index (χ1v) is 16.8. The number of unbranched alkanes of at least 4 members (excludes halogenated alkanes) is 2. The highest BCUT2D eigenvalue weighted by atomic mass is 16.5. The molecule has 0 aliphatic rings. The summed E-state index contributed by atoms with van der Waals surface area (Å²) < 4.78 is 52.6. The molecule has 10 nitrogen and oxygen atoms in total. The average molecular weight is 651 g/mol. The van der Waals surface area contributed by atoms with Crippen molar-refractivity contribution in [1.82, 2.24) is 0 Å². The average Bonchev–Trinajstić information content (AvgIpc) is 3.07. The molecule has 9 atom stereocenters. The van der Waals surface area contributed by atoms with Crippen molar-refractivity contribution in [2.24, 2.45) is 0 Å². The first-order chi connectivity index (χ1) is 21.8. The molecule has 0 aromatic carbocycles. The molecule has 45 heavy (non-hydrogen) atoms. The Morgan fingerprint density at radius 3 is 0.956 bits per heavy atom. The van der Waals surface area contributed by atoms with E-state index >= 15 is 0 Å². The zero-order valence-electron chi connectivity index (χ0n) is 30.4. The summed E-state index contributed by atoms with van der Waals surface area (Å²) in [6.45, 7) is 2.24. The molecule has 0 amide bonds. The van der Waals surface area contributed by atoms with Crippen LogP contribution in [0.25, 0.3) is 0 Å². The van der Waals surface area contributed by atoms with Crippen LogP contribution in [0.5, 0.6) is 0 Å². The van der Waals surface area contributed by atoms with Crippen LogP contribution in [0, 0.1) is 0 Å². The van der Waals surface area contributed by atoms with Gasteiger partial charge in [0.15, 0.2) is 0 Å². The number of ether oxygens (including phenoxy) is 9. The standard InChI is InChI=1S/C35H70O10/c1-11-12-13-16-27(37-2)19-29(39-4)21-31(41-6)23-33(43-8)25-35(45-10)26-34(44-9)24-32(42-7)22-30(40-5)20-28(38-3)17-14-15-18-36/h14-15,27-36H,11-13,16-26H2,1-10H3/b15-14+/t27-,28+,29-,30+,31-,32+,33-,34+,35-/m1/s1. The van der Waals surface area contributed by atoms with E-state index in [0.717, 1.165) is 38.5 Å². The van der Waals surface area contributed by atoms with Gasteiger partial charge in [0.2, 0.25) is 0 Å². The largest absolute Gasteiger partial charge is 0.392 e. The molecule has 270 valence electrons. The third kappa shape index (κ3) is 21.0. The van der Waals surface area contributed by atoms with Crippen LogP contribution in [0.1, 0.15) is 90.4 Å². The van der Waals surface area contributed by atoms with Gasteiger partial charge in [-0.25, -0.2) is 0 Å². The normalized spacial score (nSPS) is 18.4. The second-order valence-electron chi connectivity index (χ2n) is 12.0. The van der Waals surface area contributed by atoms with Crippen molar-refractivity contribution < 1.29 is 47.7 Å². The summed E-state index contributed by atoms with van der Waals surface area (Å²) in [6.07, 6.45) is 14.9. The number of rotatable bonds is 32. The van der Waals surface area contributed by atoms with Gasteiger partial charge in [0.05, 0.1) is 61.5 Å². The predicted molar refractivity (Wildman–Crippen MR) is 179 cm³/mol. The molecule has 0 radical (unpaired) electrons. The monoisotopic (exact) mass is 650 g/mol. The van der Waals surface area contributed by atoms with Crippen molar-refractivity contribution in [3.8, 4) is 0 Å². The van der Waals surface area contributed by atoms with Crippen molar-refractivity contribution >= 4 is 0 Å². The molecule has 0 bridgehead atoms. The number of aliphatic hydroxyl groups excluding tert-OH is 1. The molecule has 0 heterocycles. The fourth-order valence-corrected chi connectivity index (χ4v) is 5.93. The highest BCUT2D eigenvalue weighted by Crippen LogP contribution is 2.25. The Bertz CT molecular complexity index is 666. The second kappa shape index (κ2) is 29.5. The summed E-state index contributed by atoms with van der Waals surface area (Å²) in [4.78, 5) is 0. The van der Waals surface area contributed by atoms with Crippen LogP contribution < -0.4 is 0 Å². The van der Waals surface area contributed by atoms with E-state index in [1.54, 1.807) is 70.1 Å². The summed E-state index contributed by atoms with van der Waals surface area (Å²) in [5.74, 6) is 0. The van der Waals surface area contributed by atoms with Crippen LogP contribution >= 0.6 is 0 Å². The lowest BCUT2D eigenvalue weighted by Gasteiger charge is -2.30. The summed E-state index contributed by atoms with van der Waals surface area (Å²) in [5.41, 5.74) is 0. The third-order valence-electron chi connectivity index (χ3n) is 9.01. The maximum absolute atomic E-state index is 9.02. The molecule has 0 saturated carbocycles. The van der Waals surface area contributed by atoms with Gasteiger partial charge in [-0.15, -0.1) is 0 Å². The first-order valence-electron chi connectivity index (χ1n) is 16.8. The van der Waals surface area contributed by atoms with Gasteiger partial charge >= 0.3 is 0 Å². The van der Waals surface area contributed by atoms with E-state index in [4.69, 9.17) is 47.7 Å². The van der Waals surface area contributed by atoms with Crippen molar-refractivity contribution in [2.75, 3.05) is 70.6 Å². The van der Waals surface area contributed by atoms with E-state index < -0.39 is 0 Å². The zero-order chi connectivity index (χ0) is 33.9. The fourth-order valence-electron chi connectivity index (χ4n) is 5.93. The number of aliphatic hydroxyl groups is 1. The molecule has 0 rings (SSSR count). The summed E-state index contributed by atoms with van der Waals surface area (Å²) in [7, 11) is 15.7. The van der Waals surface area contributed by atoms with Crippen LogP contribution in [0.2, 0.25) is 0 Å². The van der Waals surface area contributed by atoms with Crippen molar-refractivity contribution in [2.45, 2.75) is 145 Å². The van der Waals surface area contributed by atoms with Crippen molar-refractivity contribution in [3.63, 3.8) is 0 Å². The van der Waals surface area contributed by atoms with E-state index in [-0.39, 0.29) is 61.5 Å². The molecule has 0 aliphatic carbocycles. The molecule has 0 aromatic heterocycles. The third-order valence-corrected chi connectivity index (χ3v) is 9.01. The van der Waals surface area contributed by atoms with Crippen LogP contribution in [-0.4, -0.2) is 131 Å². The fraction of sp³-hybridized carbons (Fsp3) is 0.943. The van der Waals surface area contributed by atoms with Gasteiger partial charge in [-0.3, -0.25) is 0 Å². The Morgan fingerprint density at radius 2 is 0.689 bits per heavy atom. The van der Waals surface area contributed by atoms with Crippen LogP contribution in [-0.2, 0) is 42.6 Å². The number of hydrogen-bond acceptors (Lipinski definition) is 10. The van der Waals surface area contributed by atoms with E-state index in [2.05, 4.69) is 6.92 Å². The van der Waals surface area contributed by atoms with Gasteiger partial charge < -0.3 is 47.7 Å². The Labute approximate surface area is 275 Å². The molecule has 0 spiro atoms. The molecule has 10 heteroatoms. The molecule has 0 fully saturated rings. The van der Waals surface area contributed by atoms with Gasteiger partial charge in [-0.05, 0) is 57.8 Å².